The second-order valence-electron chi connectivity index (χ2n) is 8.21. The minimum Gasteiger partial charge on any atom is -0.451 e. The number of rotatable bonds is 7. The fourth-order valence-electron chi connectivity index (χ4n) is 3.75. The number of amides is 2. The van der Waals surface area contributed by atoms with Crippen molar-refractivity contribution in [2.24, 2.45) is 0 Å². The molecule has 190 valence electrons. The van der Waals surface area contributed by atoms with Crippen molar-refractivity contribution < 1.29 is 19.1 Å². The summed E-state index contributed by atoms with van der Waals surface area (Å²) >= 11 is 6.00. The summed E-state index contributed by atoms with van der Waals surface area (Å²) in [7, 11) is 0. The number of para-hydroxylation sites is 1. The average molecular weight is 530 g/mol. The average Bonchev–Trinajstić information content (AvgIpc) is 3.41. The highest BCUT2D eigenvalue weighted by molar-refractivity contribution is 6.30. The molecule has 3 aromatic heterocycles. The van der Waals surface area contributed by atoms with Gasteiger partial charge in [0.05, 0.1) is 23.1 Å². The molecule has 0 aliphatic heterocycles. The summed E-state index contributed by atoms with van der Waals surface area (Å²) in [5.74, 6) is -1.68. The van der Waals surface area contributed by atoms with Gasteiger partial charge in [-0.2, -0.15) is 0 Å². The Morgan fingerprint density at radius 2 is 1.84 bits per heavy atom. The SMILES string of the molecule is CC(OC(=O)CNC(=O)c1cc(-c2ccc(Cl)cc2)nc2ccccc12)C(=O)Nc1ncnc2nc[nH]c12. The van der Waals surface area contributed by atoms with Crippen LogP contribution in [0.5, 0.6) is 0 Å². The molecular formula is C26H20ClN7O4. The molecule has 0 spiro atoms. The third kappa shape index (κ3) is 5.27. The van der Waals surface area contributed by atoms with Crippen LogP contribution in [0.2, 0.25) is 5.02 Å². The van der Waals surface area contributed by atoms with Crippen LogP contribution in [0.15, 0.2) is 67.3 Å². The van der Waals surface area contributed by atoms with Crippen molar-refractivity contribution in [1.82, 2.24) is 30.2 Å². The first-order valence-corrected chi connectivity index (χ1v) is 11.8. The first kappa shape index (κ1) is 24.8. The number of pyridine rings is 1. The van der Waals surface area contributed by atoms with Crippen LogP contribution >= 0.6 is 11.6 Å². The van der Waals surface area contributed by atoms with E-state index in [1.807, 2.05) is 18.2 Å². The molecule has 2 amide bonds. The third-order valence-corrected chi connectivity index (χ3v) is 5.89. The van der Waals surface area contributed by atoms with Crippen molar-refractivity contribution >= 4 is 57.3 Å². The van der Waals surface area contributed by atoms with Gasteiger partial charge in [-0.15, -0.1) is 0 Å². The van der Waals surface area contributed by atoms with E-state index in [1.54, 1.807) is 36.4 Å². The second-order valence-corrected chi connectivity index (χ2v) is 8.64. The molecule has 1 atom stereocenters. The molecule has 2 aromatic carbocycles. The van der Waals surface area contributed by atoms with E-state index in [4.69, 9.17) is 16.3 Å². The van der Waals surface area contributed by atoms with E-state index >= 15 is 0 Å². The predicted molar refractivity (Wildman–Crippen MR) is 140 cm³/mol. The number of H-pyrrole nitrogens is 1. The summed E-state index contributed by atoms with van der Waals surface area (Å²) in [5, 5.41) is 6.34. The number of imidazole rings is 1. The molecule has 0 aliphatic carbocycles. The number of anilines is 1. The van der Waals surface area contributed by atoms with Crippen LogP contribution in [0.4, 0.5) is 5.82 Å². The number of hydrogen-bond acceptors (Lipinski definition) is 8. The molecule has 11 nitrogen and oxygen atoms in total. The molecule has 0 bridgehead atoms. The molecule has 0 fully saturated rings. The number of benzene rings is 2. The number of carbonyl (C=O) groups excluding carboxylic acids is 3. The molecule has 3 N–H and O–H groups in total. The van der Waals surface area contributed by atoms with Gasteiger partial charge in [0.1, 0.15) is 18.4 Å². The van der Waals surface area contributed by atoms with E-state index in [-0.39, 0.29) is 5.82 Å². The molecule has 3 heterocycles. The lowest BCUT2D eigenvalue weighted by molar-refractivity contribution is -0.152. The number of nitrogens with zero attached hydrogens (tertiary/aromatic N) is 4. The number of aromatic nitrogens is 5. The number of carbonyl (C=O) groups is 3. The highest BCUT2D eigenvalue weighted by atomic mass is 35.5. The van der Waals surface area contributed by atoms with Crippen LogP contribution in [0.25, 0.3) is 33.3 Å². The standard InChI is InChI=1S/C26H20ClN7O4/c1-14(25(36)34-24-22-23(30-12-29-22)31-13-32-24)38-21(35)11-28-26(37)18-10-20(15-6-8-16(27)9-7-15)33-19-5-3-2-4-17(18)19/h2-10,12-14H,11H2,1H3,(H,28,37)(H2,29,30,31,32,34,36). The zero-order valence-corrected chi connectivity index (χ0v) is 20.7. The van der Waals surface area contributed by atoms with Gasteiger partial charge in [0.25, 0.3) is 11.8 Å². The van der Waals surface area contributed by atoms with Crippen LogP contribution in [0.1, 0.15) is 17.3 Å². The molecule has 1 unspecified atom stereocenters. The van der Waals surface area contributed by atoms with Crippen molar-refractivity contribution in [3.05, 3.63) is 77.8 Å². The Bertz CT molecular complexity index is 1670. The third-order valence-electron chi connectivity index (χ3n) is 5.64. The van der Waals surface area contributed by atoms with Gasteiger partial charge in [0, 0.05) is 16.0 Å². The fraction of sp³-hybridized carbons (Fsp3) is 0.115. The zero-order valence-electron chi connectivity index (χ0n) is 19.9. The van der Waals surface area contributed by atoms with Crippen molar-refractivity contribution in [3.8, 4) is 11.3 Å². The smallest absolute Gasteiger partial charge is 0.326 e. The Hall–Kier alpha value is -4.90. The van der Waals surface area contributed by atoms with E-state index in [2.05, 4.69) is 35.6 Å². The summed E-state index contributed by atoms with van der Waals surface area (Å²) in [6, 6.07) is 15.9. The van der Waals surface area contributed by atoms with Gasteiger partial charge in [-0.3, -0.25) is 14.4 Å². The summed E-state index contributed by atoms with van der Waals surface area (Å²) in [5.41, 5.74) is 3.14. The number of hydrogen-bond donors (Lipinski definition) is 3. The van der Waals surface area contributed by atoms with Gasteiger partial charge in [-0.25, -0.2) is 19.9 Å². The predicted octanol–water partition coefficient (Wildman–Crippen LogP) is 3.52. The molecule has 0 saturated heterocycles. The quantitative estimate of drug-likeness (QED) is 0.271. The van der Waals surface area contributed by atoms with E-state index in [0.717, 1.165) is 5.56 Å². The lowest BCUT2D eigenvalue weighted by atomic mass is 10.0. The Balaban J connectivity index is 1.25. The molecule has 38 heavy (non-hydrogen) atoms. The number of halogens is 1. The highest BCUT2D eigenvalue weighted by Gasteiger charge is 2.21. The van der Waals surface area contributed by atoms with E-state index in [0.29, 0.717) is 38.3 Å². The topological polar surface area (TPSA) is 152 Å². The van der Waals surface area contributed by atoms with Crippen molar-refractivity contribution in [3.63, 3.8) is 0 Å². The Morgan fingerprint density at radius 3 is 2.66 bits per heavy atom. The van der Waals surface area contributed by atoms with Gasteiger partial charge in [0.15, 0.2) is 17.6 Å². The maximum Gasteiger partial charge on any atom is 0.326 e. The summed E-state index contributed by atoms with van der Waals surface area (Å²) in [4.78, 5) is 57.5. The molecule has 12 heteroatoms. The summed E-state index contributed by atoms with van der Waals surface area (Å²) in [6.07, 6.45) is 1.53. The largest absolute Gasteiger partial charge is 0.451 e. The summed E-state index contributed by atoms with van der Waals surface area (Å²) in [6.45, 7) is 0.969. The monoisotopic (exact) mass is 529 g/mol. The molecule has 0 saturated carbocycles. The first-order valence-electron chi connectivity index (χ1n) is 11.5. The van der Waals surface area contributed by atoms with Gasteiger partial charge in [0.2, 0.25) is 0 Å². The zero-order chi connectivity index (χ0) is 26.6. The Morgan fingerprint density at radius 1 is 1.05 bits per heavy atom. The molecule has 5 rings (SSSR count). The van der Waals surface area contributed by atoms with E-state index in [1.165, 1.54) is 19.6 Å². The number of aromatic amines is 1. The maximum absolute atomic E-state index is 13.1. The Labute approximate surface area is 220 Å². The fourth-order valence-corrected chi connectivity index (χ4v) is 3.88. The number of fused-ring (bicyclic) bond motifs is 2. The molecule has 0 radical (unpaired) electrons. The second kappa shape index (κ2) is 10.6. The molecule has 0 aliphatic rings. The van der Waals surface area contributed by atoms with Crippen LogP contribution in [-0.2, 0) is 14.3 Å². The lowest BCUT2D eigenvalue weighted by Gasteiger charge is -2.14. The number of ether oxygens (including phenoxy) is 1. The van der Waals surface area contributed by atoms with Crippen molar-refractivity contribution in [2.75, 3.05) is 11.9 Å². The van der Waals surface area contributed by atoms with Crippen molar-refractivity contribution in [2.45, 2.75) is 13.0 Å². The highest BCUT2D eigenvalue weighted by Crippen LogP contribution is 2.26. The van der Waals surface area contributed by atoms with Gasteiger partial charge >= 0.3 is 5.97 Å². The Kier molecular flexibility index (Phi) is 6.92. The molecular weight excluding hydrogens is 510 g/mol. The van der Waals surface area contributed by atoms with Crippen LogP contribution in [0, 0.1) is 0 Å². The number of esters is 1. The molecule has 5 aromatic rings. The minimum atomic E-state index is -1.15. The number of nitrogens with one attached hydrogen (secondary N) is 3. The first-order chi connectivity index (χ1) is 18.4. The van der Waals surface area contributed by atoms with Crippen LogP contribution in [-0.4, -0.2) is 55.4 Å². The van der Waals surface area contributed by atoms with Crippen molar-refractivity contribution in [1.29, 1.82) is 0 Å². The van der Waals surface area contributed by atoms with Gasteiger partial charge in [-0.1, -0.05) is 41.9 Å². The van der Waals surface area contributed by atoms with Gasteiger partial charge in [-0.05, 0) is 31.2 Å². The van der Waals surface area contributed by atoms with E-state index in [9.17, 15) is 14.4 Å². The minimum absolute atomic E-state index is 0.203. The van der Waals surface area contributed by atoms with Crippen LogP contribution < -0.4 is 10.6 Å². The van der Waals surface area contributed by atoms with Crippen LogP contribution in [0.3, 0.4) is 0 Å². The summed E-state index contributed by atoms with van der Waals surface area (Å²) < 4.78 is 5.20. The van der Waals surface area contributed by atoms with E-state index < -0.39 is 30.4 Å². The normalized spacial score (nSPS) is 11.7. The lowest BCUT2D eigenvalue weighted by Crippen LogP contribution is -2.36. The van der Waals surface area contributed by atoms with Gasteiger partial charge < -0.3 is 20.4 Å². The maximum atomic E-state index is 13.1.